The van der Waals surface area contributed by atoms with Crippen LogP contribution >= 0.6 is 0 Å². The number of nitrogens with zero attached hydrogens (tertiary/aromatic N) is 2. The molecule has 0 spiro atoms. The molecule has 0 atom stereocenters. The van der Waals surface area contributed by atoms with E-state index in [-0.39, 0.29) is 78.6 Å². The predicted molar refractivity (Wildman–Crippen MR) is 27.2 cm³/mol. The van der Waals surface area contributed by atoms with E-state index < -0.39 is 19.3 Å². The smallest absolute Gasteiger partial charge is 0.672 e. The zero-order valence-corrected chi connectivity index (χ0v) is 15.7. The van der Waals surface area contributed by atoms with E-state index in [0.717, 1.165) is 0 Å². The SMILES string of the molecule is O=[N+]([O-])[O-].O=[N+]([O-])[O-].O=[Si]([O-])[O-].[Na+].[Na+].[Zn+2]. The Morgan fingerprint density at radius 2 is 0.800 bits per heavy atom. The van der Waals surface area contributed by atoms with Crippen molar-refractivity contribution >= 4 is 9.17 Å². The maximum Gasteiger partial charge on any atom is 2.00 e. The van der Waals surface area contributed by atoms with Gasteiger partial charge in [-0.05, 0) is 0 Å². The molecular weight excluding hydrogens is 311 g/mol. The molecule has 0 aliphatic rings. The molecule has 11 nitrogen and oxygen atoms in total. The summed E-state index contributed by atoms with van der Waals surface area (Å²) in [6.07, 6.45) is 0. The predicted octanol–water partition coefficient (Wildman–Crippen LogP) is -9.35. The van der Waals surface area contributed by atoms with Crippen LogP contribution < -0.4 is 68.7 Å². The molecule has 0 N–H and O–H groups in total. The van der Waals surface area contributed by atoms with Crippen LogP contribution in [0.2, 0.25) is 0 Å². The van der Waals surface area contributed by atoms with Crippen molar-refractivity contribution in [1.29, 1.82) is 0 Å². The van der Waals surface area contributed by atoms with Gasteiger partial charge in [-0.1, -0.05) is 0 Å². The van der Waals surface area contributed by atoms with Crippen LogP contribution in [-0.2, 0) is 23.9 Å². The van der Waals surface area contributed by atoms with E-state index in [1.807, 2.05) is 0 Å². The molecule has 0 unspecified atom stereocenters. The van der Waals surface area contributed by atoms with E-state index >= 15 is 0 Å². The third-order valence-electron chi connectivity index (χ3n) is 0. The van der Waals surface area contributed by atoms with Gasteiger partial charge in [0.2, 0.25) is 0 Å². The minimum atomic E-state index is -3.63. The van der Waals surface area contributed by atoms with Gasteiger partial charge in [-0.2, -0.15) is 0 Å². The molecular formula is N2Na2O9SiZn. The summed E-state index contributed by atoms with van der Waals surface area (Å²) in [5, 5.41) is 29.5. The van der Waals surface area contributed by atoms with E-state index in [2.05, 4.69) is 0 Å². The first kappa shape index (κ1) is 36.1. The van der Waals surface area contributed by atoms with Crippen molar-refractivity contribution in [2.24, 2.45) is 0 Å². The van der Waals surface area contributed by atoms with Gasteiger partial charge in [0, 0.05) is 9.17 Å². The molecule has 0 radical (unpaired) electrons. The van der Waals surface area contributed by atoms with Crippen molar-refractivity contribution in [3.63, 3.8) is 0 Å². The number of hydrogen-bond acceptors (Lipinski definition) is 9. The summed E-state index contributed by atoms with van der Waals surface area (Å²) in [4.78, 5) is 33.5. The first-order valence-corrected chi connectivity index (χ1v) is 2.93. The average Bonchev–Trinajstić information content (AvgIpc) is 1.54. The van der Waals surface area contributed by atoms with Crippen LogP contribution in [0.4, 0.5) is 0 Å². The summed E-state index contributed by atoms with van der Waals surface area (Å²) in [5.74, 6) is 0. The standard InChI is InChI=1S/2NO3.2Na.O3Si.Zn/c2*2-1(3)4;;;1-4(2)3;/q2*-1;2*+1;-2;+2. The van der Waals surface area contributed by atoms with Gasteiger partial charge in [0.15, 0.2) is 0 Å². The normalized spacial score (nSPS) is 4.80. The summed E-state index contributed by atoms with van der Waals surface area (Å²) < 4.78 is 8.52. The summed E-state index contributed by atoms with van der Waals surface area (Å²) >= 11 is 0. The Bertz CT molecular complexity index is 124. The van der Waals surface area contributed by atoms with Gasteiger partial charge in [-0.25, -0.2) is 0 Å². The van der Waals surface area contributed by atoms with Crippen LogP contribution in [0.15, 0.2) is 0 Å². The van der Waals surface area contributed by atoms with Gasteiger partial charge >= 0.3 is 78.6 Å². The van der Waals surface area contributed by atoms with Crippen molar-refractivity contribution in [3.8, 4) is 0 Å². The summed E-state index contributed by atoms with van der Waals surface area (Å²) in [7, 11) is -3.63. The van der Waals surface area contributed by atoms with Gasteiger partial charge in [0.25, 0.3) is 0 Å². The molecule has 0 aromatic rings. The van der Waals surface area contributed by atoms with E-state index in [4.69, 9.17) is 44.7 Å². The van der Waals surface area contributed by atoms with Crippen molar-refractivity contribution in [3.05, 3.63) is 30.6 Å². The number of rotatable bonds is 0. The van der Waals surface area contributed by atoms with Crippen molar-refractivity contribution in [1.82, 2.24) is 0 Å². The molecule has 0 aromatic carbocycles. The third-order valence-corrected chi connectivity index (χ3v) is 0. The van der Waals surface area contributed by atoms with Gasteiger partial charge < -0.3 is 44.7 Å². The molecule has 0 aromatic heterocycles. The summed E-state index contributed by atoms with van der Waals surface area (Å²) in [5.41, 5.74) is 0. The van der Waals surface area contributed by atoms with E-state index in [1.54, 1.807) is 0 Å². The molecule has 72 valence electrons. The van der Waals surface area contributed by atoms with Crippen LogP contribution in [0.25, 0.3) is 0 Å². The number of hydrogen-bond donors (Lipinski definition) is 0. The van der Waals surface area contributed by atoms with Gasteiger partial charge in [0.1, 0.15) is 0 Å². The van der Waals surface area contributed by atoms with Crippen LogP contribution in [0.1, 0.15) is 0 Å². The van der Waals surface area contributed by atoms with E-state index in [9.17, 15) is 0 Å². The topological polar surface area (TPSA) is 196 Å². The monoisotopic (exact) mass is 310 g/mol. The second-order valence-electron chi connectivity index (χ2n) is 0.697. The quantitative estimate of drug-likeness (QED) is 0.237. The third kappa shape index (κ3) is 5710. The van der Waals surface area contributed by atoms with Crippen molar-refractivity contribution in [2.75, 3.05) is 0 Å². The van der Waals surface area contributed by atoms with E-state index in [1.165, 1.54) is 0 Å². The van der Waals surface area contributed by atoms with Crippen LogP contribution in [0.3, 0.4) is 0 Å². The fourth-order valence-electron chi connectivity index (χ4n) is 0. The Hall–Kier alpha value is 0.640. The zero-order chi connectivity index (χ0) is 10.7. The van der Waals surface area contributed by atoms with Gasteiger partial charge in [0.05, 0.1) is 10.2 Å². The van der Waals surface area contributed by atoms with E-state index in [0.29, 0.717) is 0 Å². The summed E-state index contributed by atoms with van der Waals surface area (Å²) in [6.45, 7) is 0. The second kappa shape index (κ2) is 29.3. The molecule has 0 heterocycles. The fourth-order valence-corrected chi connectivity index (χ4v) is 0. The van der Waals surface area contributed by atoms with Crippen molar-refractivity contribution in [2.45, 2.75) is 0 Å². The van der Waals surface area contributed by atoms with Gasteiger partial charge in [-0.3, -0.25) is 0 Å². The molecule has 0 amide bonds. The minimum Gasteiger partial charge on any atom is -0.672 e. The minimum absolute atomic E-state index is 0. The zero-order valence-electron chi connectivity index (χ0n) is 7.78. The Morgan fingerprint density at radius 3 is 0.800 bits per heavy atom. The molecule has 15 heteroatoms. The molecule has 0 bridgehead atoms. The molecule has 0 rings (SSSR count). The van der Waals surface area contributed by atoms with Crippen LogP contribution in [-0.4, -0.2) is 19.3 Å². The second-order valence-corrected chi connectivity index (χ2v) is 1.20. The first-order chi connectivity index (χ1) is 5.20. The molecule has 0 fully saturated rings. The summed E-state index contributed by atoms with van der Waals surface area (Å²) in [6, 6.07) is 0. The van der Waals surface area contributed by atoms with Crippen LogP contribution in [0.5, 0.6) is 0 Å². The first-order valence-electron chi connectivity index (χ1n) is 1.71. The molecule has 0 saturated carbocycles. The van der Waals surface area contributed by atoms with Crippen molar-refractivity contribution < 1.29 is 103 Å². The molecule has 0 aliphatic carbocycles. The Labute approximate surface area is 141 Å². The average molecular weight is 311 g/mol. The molecule has 0 saturated heterocycles. The maximum absolute atomic E-state index is 8.52. The Balaban J connectivity index is -0.0000000184. The largest absolute Gasteiger partial charge is 2.00 e. The Morgan fingerprint density at radius 1 is 0.800 bits per heavy atom. The van der Waals surface area contributed by atoms with Crippen LogP contribution in [0, 0.1) is 30.6 Å². The fraction of sp³-hybridized carbons (Fsp3) is 0. The molecule has 0 aliphatic heterocycles. The molecule has 15 heavy (non-hydrogen) atoms. The maximum atomic E-state index is 8.52. The van der Waals surface area contributed by atoms with Gasteiger partial charge in [-0.15, -0.1) is 0 Å². The Kier molecular flexibility index (Phi) is 70.5.